The van der Waals surface area contributed by atoms with Crippen molar-refractivity contribution in [1.82, 2.24) is 5.32 Å². The average molecular weight is 309 g/mol. The zero-order chi connectivity index (χ0) is 15.0. The van der Waals surface area contributed by atoms with E-state index in [-0.39, 0.29) is 18.1 Å². The van der Waals surface area contributed by atoms with Crippen LogP contribution < -0.4 is 10.4 Å². The van der Waals surface area contributed by atoms with Crippen LogP contribution >= 0.6 is 11.6 Å². The van der Waals surface area contributed by atoms with Gasteiger partial charge in [-0.3, -0.25) is 4.79 Å². The van der Waals surface area contributed by atoms with Crippen molar-refractivity contribution in [3.8, 4) is 0 Å². The van der Waals surface area contributed by atoms with Gasteiger partial charge in [-0.15, -0.1) is 0 Å². The minimum absolute atomic E-state index is 0.286. The lowest BCUT2D eigenvalue weighted by Gasteiger charge is -2.27. The van der Waals surface area contributed by atoms with Gasteiger partial charge in [-0.05, 0) is 30.5 Å². The van der Waals surface area contributed by atoms with Crippen LogP contribution in [-0.2, 0) is 20.9 Å². The Labute approximate surface area is 127 Å². The third-order valence-electron chi connectivity index (χ3n) is 4.23. The number of carboxylic acids is 1. The minimum atomic E-state index is -1.20. The number of halogens is 1. The molecule has 3 rings (SSSR count). The van der Waals surface area contributed by atoms with Gasteiger partial charge in [0.05, 0.1) is 18.1 Å². The molecule has 1 amide bonds. The number of hydrogen-bond acceptors (Lipinski definition) is 4. The van der Waals surface area contributed by atoms with Crippen LogP contribution in [0.25, 0.3) is 0 Å². The molecule has 4 atom stereocenters. The first-order valence-electron chi connectivity index (χ1n) is 6.95. The summed E-state index contributed by atoms with van der Waals surface area (Å²) in [4.78, 5) is 23.5. The zero-order valence-electron chi connectivity index (χ0n) is 11.3. The van der Waals surface area contributed by atoms with E-state index in [1.165, 1.54) is 0 Å². The maximum atomic E-state index is 12.3. The van der Waals surface area contributed by atoms with Gasteiger partial charge in [-0.25, -0.2) is 0 Å². The Hall–Kier alpha value is -1.59. The van der Waals surface area contributed by atoms with E-state index in [0.717, 1.165) is 12.0 Å². The summed E-state index contributed by atoms with van der Waals surface area (Å²) in [5, 5.41) is 14.6. The predicted molar refractivity (Wildman–Crippen MR) is 73.2 cm³/mol. The number of fused-ring (bicyclic) bond motifs is 2. The first-order valence-corrected chi connectivity index (χ1v) is 7.32. The number of aliphatic carboxylic acids is 1. The van der Waals surface area contributed by atoms with Gasteiger partial charge in [-0.2, -0.15) is 0 Å². The first-order chi connectivity index (χ1) is 10.1. The van der Waals surface area contributed by atoms with Gasteiger partial charge in [0.2, 0.25) is 5.91 Å². The number of carbonyl (C=O) groups excluding carboxylic acids is 2. The maximum Gasteiger partial charge on any atom is 0.226 e. The highest BCUT2D eigenvalue weighted by Gasteiger charge is 2.52. The lowest BCUT2D eigenvalue weighted by Crippen LogP contribution is -2.48. The molecule has 0 aliphatic carbocycles. The van der Waals surface area contributed by atoms with Crippen LogP contribution in [0.2, 0.25) is 5.02 Å². The SMILES string of the molecule is O=C([O-])[C@@H]1[C@H](C(=O)NCc2ccc(Cl)cc2)[C@H]2CC[C@@H]1O2. The Morgan fingerprint density at radius 3 is 2.43 bits per heavy atom. The highest BCUT2D eigenvalue weighted by atomic mass is 35.5. The summed E-state index contributed by atoms with van der Waals surface area (Å²) in [6.07, 6.45) is 0.729. The molecule has 2 saturated heterocycles. The molecule has 0 aromatic heterocycles. The smallest absolute Gasteiger partial charge is 0.226 e. The number of carboxylic acid groups (broad SMARTS) is 1. The van der Waals surface area contributed by atoms with E-state index in [1.807, 2.05) is 12.1 Å². The number of carbonyl (C=O) groups is 2. The van der Waals surface area contributed by atoms with Gasteiger partial charge in [0.15, 0.2) is 0 Å². The molecule has 0 radical (unpaired) electrons. The van der Waals surface area contributed by atoms with Crippen molar-refractivity contribution in [2.24, 2.45) is 11.8 Å². The maximum absolute atomic E-state index is 12.3. The Bertz CT molecular complexity index is 559. The van der Waals surface area contributed by atoms with Crippen LogP contribution in [0, 0.1) is 11.8 Å². The fourth-order valence-corrected chi connectivity index (χ4v) is 3.35. The normalized spacial score (nSPS) is 30.3. The molecule has 5 nitrogen and oxygen atoms in total. The fraction of sp³-hybridized carbons (Fsp3) is 0.467. The Morgan fingerprint density at radius 1 is 1.19 bits per heavy atom. The number of ether oxygens (including phenoxy) is 1. The van der Waals surface area contributed by atoms with E-state index in [9.17, 15) is 14.7 Å². The van der Waals surface area contributed by atoms with E-state index < -0.39 is 17.8 Å². The van der Waals surface area contributed by atoms with Gasteiger partial charge in [-0.1, -0.05) is 23.7 Å². The van der Waals surface area contributed by atoms with Crippen LogP contribution in [-0.4, -0.2) is 24.1 Å². The molecule has 2 aliphatic rings. The molecule has 2 fully saturated rings. The lowest BCUT2D eigenvalue weighted by molar-refractivity contribution is -0.314. The van der Waals surface area contributed by atoms with Gasteiger partial charge >= 0.3 is 0 Å². The number of benzene rings is 1. The molecule has 21 heavy (non-hydrogen) atoms. The molecule has 6 heteroatoms. The summed E-state index contributed by atoms with van der Waals surface area (Å²) in [7, 11) is 0. The summed E-state index contributed by atoms with van der Waals surface area (Å²) in [6, 6.07) is 7.12. The molecule has 1 N–H and O–H groups in total. The Balaban J connectivity index is 1.64. The molecule has 2 aliphatic heterocycles. The Kier molecular flexibility index (Phi) is 3.87. The highest BCUT2D eigenvalue weighted by Crippen LogP contribution is 2.43. The second-order valence-corrected chi connectivity index (χ2v) is 5.94. The van der Waals surface area contributed by atoms with Gasteiger partial charge in [0.25, 0.3) is 0 Å². The zero-order valence-corrected chi connectivity index (χ0v) is 12.0. The van der Waals surface area contributed by atoms with Crippen molar-refractivity contribution < 1.29 is 19.4 Å². The van der Waals surface area contributed by atoms with Crippen molar-refractivity contribution in [2.45, 2.75) is 31.6 Å². The summed E-state index contributed by atoms with van der Waals surface area (Å²) in [5.41, 5.74) is 0.904. The number of hydrogen-bond donors (Lipinski definition) is 1. The van der Waals surface area contributed by atoms with Crippen molar-refractivity contribution in [3.05, 3.63) is 34.9 Å². The number of rotatable bonds is 4. The van der Waals surface area contributed by atoms with Crippen LogP contribution in [0.3, 0.4) is 0 Å². The van der Waals surface area contributed by atoms with E-state index in [1.54, 1.807) is 12.1 Å². The van der Waals surface area contributed by atoms with Gasteiger partial charge in [0, 0.05) is 23.5 Å². The third kappa shape index (κ3) is 2.76. The molecule has 0 spiro atoms. The largest absolute Gasteiger partial charge is 0.550 e. The second kappa shape index (κ2) is 5.66. The Morgan fingerprint density at radius 2 is 1.81 bits per heavy atom. The van der Waals surface area contributed by atoms with E-state index in [2.05, 4.69) is 5.32 Å². The third-order valence-corrected chi connectivity index (χ3v) is 4.48. The second-order valence-electron chi connectivity index (χ2n) is 5.51. The van der Waals surface area contributed by atoms with Crippen molar-refractivity contribution in [2.75, 3.05) is 0 Å². The molecular weight excluding hydrogens is 294 g/mol. The van der Waals surface area contributed by atoms with Crippen LogP contribution in [0.1, 0.15) is 18.4 Å². The quantitative estimate of drug-likeness (QED) is 0.878. The summed E-state index contributed by atoms with van der Waals surface area (Å²) >= 11 is 5.80. The minimum Gasteiger partial charge on any atom is -0.550 e. The van der Waals surface area contributed by atoms with Crippen molar-refractivity contribution in [3.63, 3.8) is 0 Å². The van der Waals surface area contributed by atoms with Crippen LogP contribution in [0.15, 0.2) is 24.3 Å². The molecule has 2 heterocycles. The molecule has 0 saturated carbocycles. The topological polar surface area (TPSA) is 78.5 Å². The van der Waals surface area contributed by atoms with Crippen molar-refractivity contribution in [1.29, 1.82) is 0 Å². The molecule has 0 unspecified atom stereocenters. The lowest BCUT2D eigenvalue weighted by atomic mass is 9.78. The fourth-order valence-electron chi connectivity index (χ4n) is 3.22. The van der Waals surface area contributed by atoms with Crippen LogP contribution in [0.4, 0.5) is 0 Å². The standard InChI is InChI=1S/C15H16ClNO4/c16-9-3-1-8(2-4-9)7-17-14(18)12-10-5-6-11(21-10)13(12)15(19)20/h1-4,10-13H,5-7H2,(H,17,18)(H,19,20)/p-1/t10-,11+,12-,13+/m1/s1. The van der Waals surface area contributed by atoms with Crippen LogP contribution in [0.5, 0.6) is 0 Å². The first kappa shape index (κ1) is 14.4. The van der Waals surface area contributed by atoms with E-state index >= 15 is 0 Å². The number of amides is 1. The predicted octanol–water partition coefficient (Wildman–Crippen LogP) is 0.500. The molecular formula is C15H15ClNO4-. The average Bonchev–Trinajstić information content (AvgIpc) is 3.06. The molecule has 112 valence electrons. The highest BCUT2D eigenvalue weighted by molar-refractivity contribution is 6.30. The molecule has 2 bridgehead atoms. The number of nitrogens with one attached hydrogen (secondary N) is 1. The molecule has 1 aromatic rings. The summed E-state index contributed by atoms with van der Waals surface area (Å²) in [6.45, 7) is 0.337. The van der Waals surface area contributed by atoms with Gasteiger partial charge < -0.3 is 20.0 Å². The van der Waals surface area contributed by atoms with E-state index in [0.29, 0.717) is 18.0 Å². The summed E-state index contributed by atoms with van der Waals surface area (Å²) in [5.74, 6) is -2.98. The van der Waals surface area contributed by atoms with Gasteiger partial charge in [0.1, 0.15) is 0 Å². The molecule has 1 aromatic carbocycles. The summed E-state index contributed by atoms with van der Waals surface area (Å²) < 4.78 is 5.55. The van der Waals surface area contributed by atoms with E-state index in [4.69, 9.17) is 16.3 Å². The van der Waals surface area contributed by atoms with Crippen molar-refractivity contribution >= 4 is 23.5 Å². The monoisotopic (exact) mass is 308 g/mol.